The molecule has 2 aromatic carbocycles. The molecule has 0 heterocycles. The van der Waals surface area contributed by atoms with Gasteiger partial charge in [0, 0.05) is 5.41 Å². The van der Waals surface area contributed by atoms with Gasteiger partial charge in [-0.1, -0.05) is 96.5 Å². The quantitative estimate of drug-likeness (QED) is 0.520. The highest BCUT2D eigenvalue weighted by molar-refractivity contribution is 5.56. The van der Waals surface area contributed by atoms with Crippen molar-refractivity contribution in [1.29, 1.82) is 0 Å². The number of fused-ring (bicyclic) bond motifs is 1. The van der Waals surface area contributed by atoms with Crippen LogP contribution in [0.4, 0.5) is 0 Å². The summed E-state index contributed by atoms with van der Waals surface area (Å²) in [7, 11) is 0. The van der Waals surface area contributed by atoms with Gasteiger partial charge in [-0.25, -0.2) is 0 Å². The molecule has 0 aliphatic heterocycles. The molecule has 1 unspecified atom stereocenters. The Morgan fingerprint density at radius 1 is 1.08 bits per heavy atom. The molecule has 0 fully saturated rings. The van der Waals surface area contributed by atoms with Gasteiger partial charge in [0.2, 0.25) is 0 Å². The van der Waals surface area contributed by atoms with Crippen LogP contribution in [0.3, 0.4) is 0 Å². The van der Waals surface area contributed by atoms with E-state index in [1.807, 2.05) is 0 Å². The molecule has 0 bridgehead atoms. The lowest BCUT2D eigenvalue weighted by molar-refractivity contribution is 0.558. The van der Waals surface area contributed by atoms with Crippen LogP contribution in [0.1, 0.15) is 55.9 Å². The molecule has 1 aliphatic rings. The Kier molecular flexibility index (Phi) is 5.61. The lowest BCUT2D eigenvalue weighted by atomic mass is 9.61. The van der Waals surface area contributed by atoms with Crippen molar-refractivity contribution < 1.29 is 0 Å². The molecule has 134 valence electrons. The lowest BCUT2D eigenvalue weighted by Gasteiger charge is -2.42. The minimum absolute atomic E-state index is 0.0663. The second kappa shape index (κ2) is 7.91. The van der Waals surface area contributed by atoms with Gasteiger partial charge in [0.1, 0.15) is 0 Å². The SMILES string of the molecule is C/C=C(\C)C1(c2ccc(C)cc2)C/C(=C/C=C\CC)Cc2ccccc21. The van der Waals surface area contributed by atoms with Crippen LogP contribution >= 0.6 is 0 Å². The summed E-state index contributed by atoms with van der Waals surface area (Å²) in [6, 6.07) is 18.1. The predicted molar refractivity (Wildman–Crippen MR) is 114 cm³/mol. The van der Waals surface area contributed by atoms with Crippen molar-refractivity contribution in [2.45, 2.75) is 52.4 Å². The van der Waals surface area contributed by atoms with Crippen molar-refractivity contribution in [3.05, 3.63) is 106 Å². The standard InChI is InChI=1S/C26H30/c1-5-7-8-11-22-18-23-12-9-10-13-25(23)26(19-22,21(4)6-2)24-16-14-20(3)15-17-24/h6-17H,5,18-19H2,1-4H3/b8-7-,21-6+,22-11+. The van der Waals surface area contributed by atoms with E-state index in [0.29, 0.717) is 0 Å². The normalized spacial score (nSPS) is 22.0. The molecular formula is C26H30. The topological polar surface area (TPSA) is 0 Å². The van der Waals surface area contributed by atoms with Crippen molar-refractivity contribution in [1.82, 2.24) is 0 Å². The van der Waals surface area contributed by atoms with Gasteiger partial charge < -0.3 is 0 Å². The zero-order valence-corrected chi connectivity index (χ0v) is 16.5. The van der Waals surface area contributed by atoms with Gasteiger partial charge >= 0.3 is 0 Å². The minimum Gasteiger partial charge on any atom is -0.0875 e. The summed E-state index contributed by atoms with van der Waals surface area (Å²) < 4.78 is 0. The fraction of sp³-hybridized carbons (Fsp3) is 0.308. The largest absolute Gasteiger partial charge is 0.0875 e. The zero-order chi connectivity index (χ0) is 18.6. The second-order valence-electron chi connectivity index (χ2n) is 7.42. The minimum atomic E-state index is -0.0663. The van der Waals surface area contributed by atoms with Crippen molar-refractivity contribution in [3.8, 4) is 0 Å². The molecule has 0 aromatic heterocycles. The Morgan fingerprint density at radius 3 is 2.50 bits per heavy atom. The third-order valence-electron chi connectivity index (χ3n) is 5.74. The summed E-state index contributed by atoms with van der Waals surface area (Å²) in [5.41, 5.74) is 8.51. The molecule has 3 rings (SSSR count). The number of hydrogen-bond acceptors (Lipinski definition) is 0. The van der Waals surface area contributed by atoms with Gasteiger partial charge in [0.05, 0.1) is 0 Å². The van der Waals surface area contributed by atoms with Crippen LogP contribution in [0.5, 0.6) is 0 Å². The molecule has 0 amide bonds. The Bertz CT molecular complexity index is 846. The summed E-state index contributed by atoms with van der Waals surface area (Å²) in [4.78, 5) is 0. The summed E-state index contributed by atoms with van der Waals surface area (Å²) in [6.07, 6.45) is 12.3. The predicted octanol–water partition coefficient (Wildman–Crippen LogP) is 7.09. The molecule has 0 saturated heterocycles. The van der Waals surface area contributed by atoms with Gasteiger partial charge in [-0.15, -0.1) is 0 Å². The van der Waals surface area contributed by atoms with Crippen molar-refractivity contribution >= 4 is 0 Å². The van der Waals surface area contributed by atoms with Crippen molar-refractivity contribution in [3.63, 3.8) is 0 Å². The Balaban J connectivity index is 2.25. The van der Waals surface area contributed by atoms with Gasteiger partial charge in [-0.2, -0.15) is 0 Å². The third kappa shape index (κ3) is 3.33. The van der Waals surface area contributed by atoms with Crippen molar-refractivity contribution in [2.24, 2.45) is 0 Å². The Hall–Kier alpha value is -2.34. The van der Waals surface area contributed by atoms with E-state index < -0.39 is 0 Å². The average Bonchev–Trinajstić information content (AvgIpc) is 2.67. The molecule has 0 saturated carbocycles. The highest BCUT2D eigenvalue weighted by atomic mass is 14.4. The van der Waals surface area contributed by atoms with E-state index >= 15 is 0 Å². The van der Waals surface area contributed by atoms with Crippen LogP contribution in [0.2, 0.25) is 0 Å². The second-order valence-corrected chi connectivity index (χ2v) is 7.42. The lowest BCUT2D eigenvalue weighted by Crippen LogP contribution is -2.34. The van der Waals surface area contributed by atoms with Gasteiger partial charge in [0.15, 0.2) is 0 Å². The van der Waals surface area contributed by atoms with E-state index in [1.165, 1.54) is 33.4 Å². The Morgan fingerprint density at radius 2 is 1.81 bits per heavy atom. The van der Waals surface area contributed by atoms with E-state index in [-0.39, 0.29) is 5.41 Å². The van der Waals surface area contributed by atoms with E-state index in [2.05, 4.69) is 101 Å². The van der Waals surface area contributed by atoms with Gasteiger partial charge in [-0.3, -0.25) is 0 Å². The number of rotatable bonds is 4. The molecule has 0 radical (unpaired) electrons. The molecule has 2 aromatic rings. The monoisotopic (exact) mass is 342 g/mol. The highest BCUT2D eigenvalue weighted by Crippen LogP contribution is 2.49. The Labute approximate surface area is 159 Å². The molecule has 0 N–H and O–H groups in total. The first-order valence-corrected chi connectivity index (χ1v) is 9.75. The first kappa shape index (κ1) is 18.5. The summed E-state index contributed by atoms with van der Waals surface area (Å²) in [6.45, 7) is 8.81. The molecule has 1 atom stereocenters. The molecule has 0 spiro atoms. The van der Waals surface area contributed by atoms with E-state index in [9.17, 15) is 0 Å². The highest BCUT2D eigenvalue weighted by Gasteiger charge is 2.40. The smallest absolute Gasteiger partial charge is 0.0448 e. The number of benzene rings is 2. The zero-order valence-electron chi connectivity index (χ0n) is 16.5. The van der Waals surface area contributed by atoms with Crippen LogP contribution in [0.25, 0.3) is 0 Å². The molecule has 26 heavy (non-hydrogen) atoms. The van der Waals surface area contributed by atoms with Crippen LogP contribution in [-0.4, -0.2) is 0 Å². The van der Waals surface area contributed by atoms with E-state index in [1.54, 1.807) is 0 Å². The summed E-state index contributed by atoms with van der Waals surface area (Å²) in [5.74, 6) is 0. The molecular weight excluding hydrogens is 312 g/mol. The number of hydrogen-bond donors (Lipinski definition) is 0. The van der Waals surface area contributed by atoms with Gasteiger partial charge in [-0.05, 0) is 56.7 Å². The maximum absolute atomic E-state index is 2.34. The average molecular weight is 343 g/mol. The fourth-order valence-electron chi connectivity index (χ4n) is 4.21. The van der Waals surface area contributed by atoms with Crippen LogP contribution in [0.15, 0.2) is 84.0 Å². The van der Waals surface area contributed by atoms with E-state index in [4.69, 9.17) is 0 Å². The maximum atomic E-state index is 2.34. The maximum Gasteiger partial charge on any atom is 0.0448 e. The van der Waals surface area contributed by atoms with Crippen molar-refractivity contribution in [2.75, 3.05) is 0 Å². The van der Waals surface area contributed by atoms with Crippen LogP contribution < -0.4 is 0 Å². The molecule has 0 heteroatoms. The van der Waals surface area contributed by atoms with Crippen LogP contribution in [-0.2, 0) is 11.8 Å². The summed E-state index contributed by atoms with van der Waals surface area (Å²) >= 11 is 0. The molecule has 1 aliphatic carbocycles. The first-order chi connectivity index (χ1) is 12.6. The summed E-state index contributed by atoms with van der Waals surface area (Å²) in [5, 5.41) is 0. The van der Waals surface area contributed by atoms with Gasteiger partial charge in [0.25, 0.3) is 0 Å². The number of allylic oxidation sites excluding steroid dienone is 6. The first-order valence-electron chi connectivity index (χ1n) is 9.75. The van der Waals surface area contributed by atoms with Crippen LogP contribution in [0, 0.1) is 6.92 Å². The fourth-order valence-corrected chi connectivity index (χ4v) is 4.21. The molecule has 0 nitrogen and oxygen atoms in total. The third-order valence-corrected chi connectivity index (χ3v) is 5.74. The number of aryl methyl sites for hydroxylation is 1. The van der Waals surface area contributed by atoms with E-state index in [0.717, 1.165) is 19.3 Å².